The lowest BCUT2D eigenvalue weighted by Gasteiger charge is -2.07. The topological polar surface area (TPSA) is 115 Å². The van der Waals surface area contributed by atoms with Crippen LogP contribution in [0.25, 0.3) is 0 Å². The average Bonchev–Trinajstić information content (AvgIpc) is 2.49. The molecule has 1 amide bonds. The van der Waals surface area contributed by atoms with Crippen LogP contribution in [-0.2, 0) is 0 Å². The number of amides is 1. The molecule has 2 rings (SSSR count). The Kier molecular flexibility index (Phi) is 4.77. The van der Waals surface area contributed by atoms with Gasteiger partial charge in [-0.05, 0) is 24.3 Å². The molecule has 0 saturated heterocycles. The summed E-state index contributed by atoms with van der Waals surface area (Å²) in [7, 11) is 0. The van der Waals surface area contributed by atoms with Crippen molar-refractivity contribution in [2.75, 3.05) is 5.32 Å². The van der Waals surface area contributed by atoms with Crippen molar-refractivity contribution in [1.82, 2.24) is 0 Å². The minimum atomic E-state index is -0.822. The van der Waals surface area contributed by atoms with E-state index in [4.69, 9.17) is 23.2 Å². The van der Waals surface area contributed by atoms with Gasteiger partial charge in [-0.3, -0.25) is 25.0 Å². The van der Waals surface area contributed by atoms with E-state index in [9.17, 15) is 25.0 Å². The van der Waals surface area contributed by atoms with Crippen molar-refractivity contribution in [2.45, 2.75) is 0 Å². The monoisotopic (exact) mass is 355 g/mol. The van der Waals surface area contributed by atoms with Crippen molar-refractivity contribution in [3.8, 4) is 0 Å². The predicted molar refractivity (Wildman–Crippen MR) is 84.2 cm³/mol. The van der Waals surface area contributed by atoms with Gasteiger partial charge in [-0.1, -0.05) is 23.2 Å². The highest BCUT2D eigenvalue weighted by molar-refractivity contribution is 6.42. The molecule has 118 valence electrons. The van der Waals surface area contributed by atoms with Gasteiger partial charge in [-0.25, -0.2) is 0 Å². The van der Waals surface area contributed by atoms with E-state index in [-0.39, 0.29) is 21.3 Å². The first-order valence-corrected chi connectivity index (χ1v) is 6.74. The molecule has 0 atom stereocenters. The molecule has 0 radical (unpaired) electrons. The molecule has 0 aliphatic rings. The summed E-state index contributed by atoms with van der Waals surface area (Å²) >= 11 is 11.5. The van der Waals surface area contributed by atoms with E-state index in [1.165, 1.54) is 18.2 Å². The minimum absolute atomic E-state index is 0.132. The van der Waals surface area contributed by atoms with E-state index >= 15 is 0 Å². The number of carbonyl (C=O) groups excluding carboxylic acids is 1. The zero-order valence-corrected chi connectivity index (χ0v) is 12.7. The van der Waals surface area contributed by atoms with Gasteiger partial charge in [0.25, 0.3) is 17.3 Å². The number of benzene rings is 2. The molecule has 0 heterocycles. The van der Waals surface area contributed by atoms with Crippen LogP contribution in [0.2, 0.25) is 10.0 Å². The third-order valence-electron chi connectivity index (χ3n) is 2.82. The molecule has 23 heavy (non-hydrogen) atoms. The number of nitro benzene ring substituents is 2. The van der Waals surface area contributed by atoms with E-state index in [1.54, 1.807) is 0 Å². The normalized spacial score (nSPS) is 10.2. The summed E-state index contributed by atoms with van der Waals surface area (Å²) in [5.74, 6) is -0.666. The summed E-state index contributed by atoms with van der Waals surface area (Å²) in [4.78, 5) is 32.2. The Morgan fingerprint density at radius 3 is 2.22 bits per heavy atom. The van der Waals surface area contributed by atoms with Crippen LogP contribution in [0, 0.1) is 20.2 Å². The Labute approximate surface area is 138 Å². The van der Waals surface area contributed by atoms with Gasteiger partial charge in [-0.15, -0.1) is 0 Å². The van der Waals surface area contributed by atoms with Gasteiger partial charge in [0, 0.05) is 11.6 Å². The fourth-order valence-electron chi connectivity index (χ4n) is 1.72. The molecule has 2 aromatic carbocycles. The van der Waals surface area contributed by atoms with E-state index < -0.39 is 27.1 Å². The highest BCUT2D eigenvalue weighted by Crippen LogP contribution is 2.30. The van der Waals surface area contributed by atoms with Crippen molar-refractivity contribution >= 4 is 46.2 Å². The van der Waals surface area contributed by atoms with Crippen molar-refractivity contribution < 1.29 is 14.6 Å². The Morgan fingerprint density at radius 2 is 1.65 bits per heavy atom. The number of non-ortho nitro benzene ring substituents is 1. The molecule has 8 nitrogen and oxygen atoms in total. The van der Waals surface area contributed by atoms with Crippen molar-refractivity contribution in [1.29, 1.82) is 0 Å². The number of nitro groups is 2. The standard InChI is InChI=1S/C13H7Cl2N3O5/c14-9-3-1-7(5-10(9)15)13(19)16-11-4-2-8(17(20)21)6-12(11)18(22)23/h1-6H,(H,16,19). The minimum Gasteiger partial charge on any atom is -0.316 e. The number of halogens is 2. The van der Waals surface area contributed by atoms with Gasteiger partial charge in [0.05, 0.1) is 26.0 Å². The molecule has 0 aliphatic carbocycles. The van der Waals surface area contributed by atoms with Crippen LogP contribution in [0.15, 0.2) is 36.4 Å². The maximum absolute atomic E-state index is 12.1. The summed E-state index contributed by atoms with van der Waals surface area (Å²) in [5.41, 5.74) is -1.08. The largest absolute Gasteiger partial charge is 0.316 e. The highest BCUT2D eigenvalue weighted by atomic mass is 35.5. The first kappa shape index (κ1) is 16.7. The summed E-state index contributed by atoms with van der Waals surface area (Å²) in [5, 5.41) is 24.4. The zero-order valence-electron chi connectivity index (χ0n) is 11.2. The second-order valence-electron chi connectivity index (χ2n) is 4.30. The van der Waals surface area contributed by atoms with Crippen molar-refractivity contribution in [3.05, 3.63) is 72.2 Å². The van der Waals surface area contributed by atoms with Gasteiger partial charge < -0.3 is 5.32 Å². The second-order valence-corrected chi connectivity index (χ2v) is 5.11. The quantitative estimate of drug-likeness (QED) is 0.655. The number of carbonyl (C=O) groups is 1. The molecule has 0 aliphatic heterocycles. The van der Waals surface area contributed by atoms with Gasteiger partial charge in [0.15, 0.2) is 0 Å². The summed E-state index contributed by atoms with van der Waals surface area (Å²) in [6.45, 7) is 0. The van der Waals surface area contributed by atoms with Crippen LogP contribution < -0.4 is 5.32 Å². The van der Waals surface area contributed by atoms with Gasteiger partial charge in [0.1, 0.15) is 5.69 Å². The summed E-state index contributed by atoms with van der Waals surface area (Å²) in [6.07, 6.45) is 0. The SMILES string of the molecule is O=C(Nc1ccc([N+](=O)[O-])cc1[N+](=O)[O-])c1ccc(Cl)c(Cl)c1. The number of nitrogens with one attached hydrogen (secondary N) is 1. The fourth-order valence-corrected chi connectivity index (χ4v) is 2.02. The number of nitrogens with zero attached hydrogens (tertiary/aromatic N) is 2. The van der Waals surface area contributed by atoms with Crippen LogP contribution in [0.1, 0.15) is 10.4 Å². The Balaban J connectivity index is 2.35. The van der Waals surface area contributed by atoms with Crippen molar-refractivity contribution in [2.24, 2.45) is 0 Å². The molecular formula is C13H7Cl2N3O5. The first-order chi connectivity index (χ1) is 10.8. The Hall–Kier alpha value is -2.71. The highest BCUT2D eigenvalue weighted by Gasteiger charge is 2.21. The van der Waals surface area contributed by atoms with Crippen LogP contribution in [-0.4, -0.2) is 15.8 Å². The molecule has 10 heteroatoms. The lowest BCUT2D eigenvalue weighted by atomic mass is 10.2. The first-order valence-electron chi connectivity index (χ1n) is 5.99. The molecule has 0 bridgehead atoms. The number of hydrogen-bond donors (Lipinski definition) is 1. The van der Waals surface area contributed by atoms with Crippen molar-refractivity contribution in [3.63, 3.8) is 0 Å². The average molecular weight is 356 g/mol. The Bertz CT molecular complexity index is 825. The van der Waals surface area contributed by atoms with E-state index in [0.717, 1.165) is 18.2 Å². The number of anilines is 1. The third kappa shape index (κ3) is 3.74. The smallest absolute Gasteiger partial charge is 0.299 e. The van der Waals surface area contributed by atoms with E-state index in [2.05, 4.69) is 5.32 Å². The molecule has 1 N–H and O–H groups in total. The van der Waals surface area contributed by atoms with Crippen LogP contribution in [0.3, 0.4) is 0 Å². The fraction of sp³-hybridized carbons (Fsp3) is 0. The molecule has 0 spiro atoms. The predicted octanol–water partition coefficient (Wildman–Crippen LogP) is 4.06. The number of rotatable bonds is 4. The van der Waals surface area contributed by atoms with Gasteiger partial charge in [-0.2, -0.15) is 0 Å². The lowest BCUT2D eigenvalue weighted by Crippen LogP contribution is -2.13. The second kappa shape index (κ2) is 6.59. The van der Waals surface area contributed by atoms with Crippen LogP contribution in [0.5, 0.6) is 0 Å². The zero-order chi connectivity index (χ0) is 17.1. The van der Waals surface area contributed by atoms with E-state index in [1.807, 2.05) is 0 Å². The lowest BCUT2D eigenvalue weighted by molar-refractivity contribution is -0.393. The van der Waals surface area contributed by atoms with Gasteiger partial charge >= 0.3 is 0 Å². The van der Waals surface area contributed by atoms with E-state index in [0.29, 0.717) is 0 Å². The molecular weight excluding hydrogens is 349 g/mol. The molecule has 0 unspecified atom stereocenters. The maximum Gasteiger partial charge on any atom is 0.299 e. The summed E-state index contributed by atoms with van der Waals surface area (Å²) in [6, 6.07) is 7.01. The van der Waals surface area contributed by atoms with Crippen LogP contribution >= 0.6 is 23.2 Å². The van der Waals surface area contributed by atoms with Crippen LogP contribution in [0.4, 0.5) is 17.1 Å². The number of hydrogen-bond acceptors (Lipinski definition) is 5. The maximum atomic E-state index is 12.1. The molecule has 0 aromatic heterocycles. The Morgan fingerprint density at radius 1 is 0.957 bits per heavy atom. The molecule has 0 saturated carbocycles. The third-order valence-corrected chi connectivity index (χ3v) is 3.56. The summed E-state index contributed by atoms with van der Waals surface area (Å²) < 4.78 is 0. The molecule has 0 fully saturated rings. The molecule has 2 aromatic rings. The van der Waals surface area contributed by atoms with Gasteiger partial charge in [0.2, 0.25) is 0 Å².